The first-order valence-electron chi connectivity index (χ1n) is 10.5. The van der Waals surface area contributed by atoms with Crippen LogP contribution in [0.5, 0.6) is 0 Å². The van der Waals surface area contributed by atoms with Crippen LogP contribution in [0.3, 0.4) is 0 Å². The SMILES string of the molecule is O=C(N1CCn2c(nnc2[C@H]2CCCN2)C1)C1(c2cccc(F)c2)CCOCC1. The number of rotatable bonds is 3. The number of hydrogen-bond donors (Lipinski definition) is 1. The van der Waals surface area contributed by atoms with Gasteiger partial charge in [0.15, 0.2) is 5.82 Å². The van der Waals surface area contributed by atoms with Crippen molar-refractivity contribution in [3.63, 3.8) is 0 Å². The maximum atomic E-state index is 14.0. The molecule has 8 heteroatoms. The van der Waals surface area contributed by atoms with Gasteiger partial charge in [0.1, 0.15) is 11.6 Å². The number of benzene rings is 1. The Hall–Kier alpha value is -2.32. The van der Waals surface area contributed by atoms with Crippen molar-refractivity contribution < 1.29 is 13.9 Å². The van der Waals surface area contributed by atoms with Gasteiger partial charge in [0.2, 0.25) is 5.91 Å². The van der Waals surface area contributed by atoms with E-state index in [1.807, 2.05) is 11.0 Å². The molecule has 0 bridgehead atoms. The van der Waals surface area contributed by atoms with Gasteiger partial charge in [0.25, 0.3) is 0 Å². The van der Waals surface area contributed by atoms with Crippen LogP contribution in [0.4, 0.5) is 4.39 Å². The average molecular weight is 399 g/mol. The molecule has 3 aliphatic heterocycles. The lowest BCUT2D eigenvalue weighted by Gasteiger charge is -2.41. The fourth-order valence-corrected chi connectivity index (χ4v) is 4.95. The van der Waals surface area contributed by atoms with Crippen molar-refractivity contribution in [2.24, 2.45) is 0 Å². The molecule has 0 spiro atoms. The molecular weight excluding hydrogens is 373 g/mol. The summed E-state index contributed by atoms with van der Waals surface area (Å²) < 4.78 is 21.7. The van der Waals surface area contributed by atoms with Gasteiger partial charge in [0, 0.05) is 26.3 Å². The van der Waals surface area contributed by atoms with Crippen LogP contribution in [0.1, 0.15) is 48.9 Å². The van der Waals surface area contributed by atoms with Crippen molar-refractivity contribution in [1.29, 1.82) is 0 Å². The molecule has 154 valence electrons. The van der Waals surface area contributed by atoms with E-state index in [1.54, 1.807) is 6.07 Å². The lowest BCUT2D eigenvalue weighted by molar-refractivity contribution is -0.143. The summed E-state index contributed by atoms with van der Waals surface area (Å²) in [6, 6.07) is 6.72. The highest BCUT2D eigenvalue weighted by atomic mass is 19.1. The lowest BCUT2D eigenvalue weighted by Crippen LogP contribution is -2.52. The molecular formula is C21H26FN5O2. The predicted octanol–water partition coefficient (Wildman–Crippen LogP) is 1.93. The molecule has 1 aromatic carbocycles. The minimum absolute atomic E-state index is 0.0428. The van der Waals surface area contributed by atoms with Crippen LogP contribution in [0.25, 0.3) is 0 Å². The van der Waals surface area contributed by atoms with Gasteiger partial charge in [-0.05, 0) is 49.9 Å². The standard InChI is InChI=1S/C21H26FN5O2/c22-16-4-1-3-15(13-16)21(6-11-29-12-7-21)20(28)26-9-10-27-18(14-26)24-25-19(27)17-5-2-8-23-17/h1,3-4,13,17,23H,2,5-12,14H2/t17-/m1/s1. The summed E-state index contributed by atoms with van der Waals surface area (Å²) in [5, 5.41) is 12.3. The summed E-state index contributed by atoms with van der Waals surface area (Å²) in [5.74, 6) is 1.54. The molecule has 2 saturated heterocycles. The normalized spacial score (nSPS) is 23.8. The third-order valence-electron chi connectivity index (χ3n) is 6.57. The molecule has 5 rings (SSSR count). The summed E-state index contributed by atoms with van der Waals surface area (Å²) in [6.45, 7) is 3.76. The molecule has 3 aliphatic rings. The van der Waals surface area contributed by atoms with Crippen LogP contribution in [0.15, 0.2) is 24.3 Å². The van der Waals surface area contributed by atoms with E-state index in [0.717, 1.165) is 36.6 Å². The third-order valence-corrected chi connectivity index (χ3v) is 6.57. The largest absolute Gasteiger partial charge is 0.381 e. The molecule has 7 nitrogen and oxygen atoms in total. The van der Waals surface area contributed by atoms with Gasteiger partial charge in [-0.25, -0.2) is 4.39 Å². The van der Waals surface area contributed by atoms with Gasteiger partial charge in [-0.2, -0.15) is 0 Å². The Balaban J connectivity index is 1.42. The van der Waals surface area contributed by atoms with E-state index in [-0.39, 0.29) is 17.8 Å². The number of halogens is 1. The van der Waals surface area contributed by atoms with E-state index in [2.05, 4.69) is 20.1 Å². The Morgan fingerprint density at radius 2 is 2.10 bits per heavy atom. The summed E-state index contributed by atoms with van der Waals surface area (Å²) >= 11 is 0. The van der Waals surface area contributed by atoms with Gasteiger partial charge in [-0.15, -0.1) is 10.2 Å². The number of carbonyl (C=O) groups excluding carboxylic acids is 1. The summed E-state index contributed by atoms with van der Waals surface area (Å²) in [4.78, 5) is 15.6. The molecule has 2 fully saturated rings. The number of ether oxygens (including phenoxy) is 1. The number of fused-ring (bicyclic) bond motifs is 1. The van der Waals surface area contributed by atoms with Crippen LogP contribution in [-0.2, 0) is 28.0 Å². The fraction of sp³-hybridized carbons (Fsp3) is 0.571. The average Bonchev–Trinajstić information content (AvgIpc) is 3.43. The number of hydrogen-bond acceptors (Lipinski definition) is 5. The molecule has 0 radical (unpaired) electrons. The van der Waals surface area contributed by atoms with Crippen LogP contribution in [0.2, 0.25) is 0 Å². The maximum absolute atomic E-state index is 14.0. The number of amides is 1. The number of nitrogens with zero attached hydrogens (tertiary/aromatic N) is 4. The minimum Gasteiger partial charge on any atom is -0.381 e. The van der Waals surface area contributed by atoms with Gasteiger partial charge in [-0.3, -0.25) is 4.79 Å². The molecule has 1 N–H and O–H groups in total. The van der Waals surface area contributed by atoms with E-state index >= 15 is 0 Å². The summed E-state index contributed by atoms with van der Waals surface area (Å²) in [6.07, 6.45) is 3.35. The van der Waals surface area contributed by atoms with Crippen molar-refractivity contribution in [3.8, 4) is 0 Å². The lowest BCUT2D eigenvalue weighted by atomic mass is 9.73. The van der Waals surface area contributed by atoms with E-state index < -0.39 is 5.41 Å². The highest BCUT2D eigenvalue weighted by Crippen LogP contribution is 2.38. The highest BCUT2D eigenvalue weighted by Gasteiger charge is 2.45. The maximum Gasteiger partial charge on any atom is 0.233 e. The summed E-state index contributed by atoms with van der Waals surface area (Å²) in [7, 11) is 0. The Kier molecular flexibility index (Phi) is 4.83. The zero-order valence-corrected chi connectivity index (χ0v) is 16.4. The second kappa shape index (κ2) is 7.50. The zero-order chi connectivity index (χ0) is 19.8. The second-order valence-electron chi connectivity index (χ2n) is 8.21. The predicted molar refractivity (Wildman–Crippen MR) is 104 cm³/mol. The fourth-order valence-electron chi connectivity index (χ4n) is 4.95. The van der Waals surface area contributed by atoms with E-state index in [9.17, 15) is 9.18 Å². The molecule has 29 heavy (non-hydrogen) atoms. The van der Waals surface area contributed by atoms with Crippen LogP contribution in [-0.4, -0.2) is 51.9 Å². The zero-order valence-electron chi connectivity index (χ0n) is 16.4. The first kappa shape index (κ1) is 18.7. The van der Waals surface area contributed by atoms with E-state index in [1.165, 1.54) is 12.1 Å². The number of nitrogens with one attached hydrogen (secondary N) is 1. The van der Waals surface area contributed by atoms with Crippen molar-refractivity contribution in [2.75, 3.05) is 26.3 Å². The third kappa shape index (κ3) is 3.24. The van der Waals surface area contributed by atoms with E-state index in [4.69, 9.17) is 4.74 Å². The monoisotopic (exact) mass is 399 g/mol. The first-order chi connectivity index (χ1) is 14.2. The topological polar surface area (TPSA) is 72.3 Å². The number of carbonyl (C=O) groups is 1. The highest BCUT2D eigenvalue weighted by molar-refractivity contribution is 5.88. The Labute approximate surface area is 169 Å². The Bertz CT molecular complexity index is 902. The van der Waals surface area contributed by atoms with Crippen LogP contribution >= 0.6 is 0 Å². The van der Waals surface area contributed by atoms with Gasteiger partial charge in [0.05, 0.1) is 18.0 Å². The van der Waals surface area contributed by atoms with E-state index in [0.29, 0.717) is 45.7 Å². The molecule has 0 aliphatic carbocycles. The smallest absolute Gasteiger partial charge is 0.233 e. The summed E-state index contributed by atoms with van der Waals surface area (Å²) in [5.41, 5.74) is 0.00643. The Morgan fingerprint density at radius 3 is 2.86 bits per heavy atom. The molecule has 1 atom stereocenters. The Morgan fingerprint density at radius 1 is 1.24 bits per heavy atom. The molecule has 1 aromatic heterocycles. The molecule has 0 unspecified atom stereocenters. The molecule has 4 heterocycles. The van der Waals surface area contributed by atoms with Crippen molar-refractivity contribution in [2.45, 2.75) is 50.2 Å². The minimum atomic E-state index is -0.738. The van der Waals surface area contributed by atoms with Crippen LogP contribution < -0.4 is 5.32 Å². The van der Waals surface area contributed by atoms with Gasteiger partial charge < -0.3 is 19.5 Å². The number of aromatic nitrogens is 3. The first-order valence-corrected chi connectivity index (χ1v) is 10.5. The van der Waals surface area contributed by atoms with Gasteiger partial charge in [-0.1, -0.05) is 12.1 Å². The molecule has 1 amide bonds. The van der Waals surface area contributed by atoms with Gasteiger partial charge >= 0.3 is 0 Å². The van der Waals surface area contributed by atoms with Crippen molar-refractivity contribution >= 4 is 5.91 Å². The van der Waals surface area contributed by atoms with Crippen molar-refractivity contribution in [1.82, 2.24) is 25.0 Å². The van der Waals surface area contributed by atoms with Crippen molar-refractivity contribution in [3.05, 3.63) is 47.3 Å². The van der Waals surface area contributed by atoms with Crippen LogP contribution in [0, 0.1) is 5.82 Å². The molecule has 0 saturated carbocycles. The quantitative estimate of drug-likeness (QED) is 0.854. The second-order valence-corrected chi connectivity index (χ2v) is 8.21. The molecule has 2 aromatic rings.